The zero-order chi connectivity index (χ0) is 26.7. The molecular formula is C30H44N4O3Si. The van der Waals surface area contributed by atoms with Crippen molar-refractivity contribution in [2.24, 2.45) is 0 Å². The second-order valence-electron chi connectivity index (χ2n) is 12.1. The van der Waals surface area contributed by atoms with Crippen LogP contribution < -0.4 is 9.80 Å². The average molecular weight is 537 g/mol. The number of rotatable bonds is 9. The number of anilines is 2. The van der Waals surface area contributed by atoms with Crippen molar-refractivity contribution in [3.8, 4) is 0 Å². The van der Waals surface area contributed by atoms with Crippen molar-refractivity contribution in [3.63, 3.8) is 0 Å². The van der Waals surface area contributed by atoms with Gasteiger partial charge in [-0.25, -0.2) is 4.98 Å². The Hall–Kier alpha value is -2.39. The normalized spacial score (nSPS) is 17.5. The highest BCUT2D eigenvalue weighted by molar-refractivity contribution is 6.76. The minimum atomic E-state index is -1.16. The fourth-order valence-electron chi connectivity index (χ4n) is 5.75. The molecule has 0 atom stereocenters. The van der Waals surface area contributed by atoms with Gasteiger partial charge in [-0.1, -0.05) is 37.8 Å². The van der Waals surface area contributed by atoms with Crippen molar-refractivity contribution in [1.82, 2.24) is 9.55 Å². The number of piperidine rings is 1. The molecule has 0 aliphatic carbocycles. The summed E-state index contributed by atoms with van der Waals surface area (Å²) in [5.74, 6) is 1.33. The van der Waals surface area contributed by atoms with Gasteiger partial charge in [0.1, 0.15) is 6.73 Å². The van der Waals surface area contributed by atoms with E-state index in [2.05, 4.69) is 77.3 Å². The second-order valence-corrected chi connectivity index (χ2v) is 17.7. The number of hydrogen-bond donors (Lipinski definition) is 1. The topological polar surface area (TPSA) is 63.0 Å². The van der Waals surface area contributed by atoms with Gasteiger partial charge < -0.3 is 24.4 Å². The van der Waals surface area contributed by atoms with Crippen LogP contribution in [0.25, 0.3) is 11.0 Å². The van der Waals surface area contributed by atoms with Crippen molar-refractivity contribution in [1.29, 1.82) is 0 Å². The van der Waals surface area contributed by atoms with E-state index in [1.54, 1.807) is 0 Å². The molecule has 0 bridgehead atoms. The summed E-state index contributed by atoms with van der Waals surface area (Å²) in [6.07, 6.45) is 2.10. The summed E-state index contributed by atoms with van der Waals surface area (Å²) in [5.41, 5.74) is 6.96. The van der Waals surface area contributed by atoms with E-state index in [0.29, 0.717) is 25.9 Å². The first-order valence-corrected chi connectivity index (χ1v) is 17.9. The zero-order valence-electron chi connectivity index (χ0n) is 23.6. The quantitative estimate of drug-likeness (QED) is 0.293. The maximum atomic E-state index is 10.4. The number of aliphatic hydroxyl groups excluding tert-OH is 1. The Labute approximate surface area is 228 Å². The van der Waals surface area contributed by atoms with Crippen LogP contribution in [0.4, 0.5) is 11.6 Å². The number of aryl methyl sites for hydroxylation is 1. The van der Waals surface area contributed by atoms with E-state index in [1.165, 1.54) is 16.8 Å². The summed E-state index contributed by atoms with van der Waals surface area (Å²) < 4.78 is 14.1. The summed E-state index contributed by atoms with van der Waals surface area (Å²) in [6, 6.07) is 14.2. The molecule has 8 heteroatoms. The molecule has 2 fully saturated rings. The number of hydrogen-bond acceptors (Lipinski definition) is 6. The first-order chi connectivity index (χ1) is 18.3. The van der Waals surface area contributed by atoms with E-state index in [-0.39, 0.29) is 6.61 Å². The van der Waals surface area contributed by atoms with Crippen LogP contribution in [0.15, 0.2) is 36.4 Å². The van der Waals surface area contributed by atoms with Crippen LogP contribution in [0.1, 0.15) is 35.4 Å². The maximum Gasteiger partial charge on any atom is 0.208 e. The van der Waals surface area contributed by atoms with Crippen LogP contribution in [0, 0.1) is 6.92 Å². The van der Waals surface area contributed by atoms with Crippen molar-refractivity contribution < 1.29 is 14.6 Å². The third-order valence-electron chi connectivity index (χ3n) is 7.98. The van der Waals surface area contributed by atoms with E-state index >= 15 is 0 Å². The first kappa shape index (κ1) is 27.2. The lowest BCUT2D eigenvalue weighted by Gasteiger charge is -2.34. The largest absolute Gasteiger partial charge is 0.392 e. The van der Waals surface area contributed by atoms with E-state index < -0.39 is 8.07 Å². The predicted molar refractivity (Wildman–Crippen MR) is 158 cm³/mol. The summed E-state index contributed by atoms with van der Waals surface area (Å²) in [7, 11) is -1.16. The number of aliphatic hydroxyl groups is 1. The lowest BCUT2D eigenvalue weighted by Crippen LogP contribution is -2.38. The number of morpholine rings is 1. The number of ether oxygens (including phenoxy) is 2. The van der Waals surface area contributed by atoms with Crippen molar-refractivity contribution in [3.05, 3.63) is 53.1 Å². The van der Waals surface area contributed by atoms with Crippen LogP contribution in [-0.2, 0) is 22.8 Å². The fourth-order valence-corrected chi connectivity index (χ4v) is 6.51. The molecule has 0 amide bonds. The molecule has 38 heavy (non-hydrogen) atoms. The van der Waals surface area contributed by atoms with Gasteiger partial charge in [0.2, 0.25) is 5.95 Å². The molecule has 3 heterocycles. The predicted octanol–water partition coefficient (Wildman–Crippen LogP) is 5.37. The molecule has 0 unspecified atom stereocenters. The lowest BCUT2D eigenvalue weighted by molar-refractivity contribution is 0.0883. The monoisotopic (exact) mass is 536 g/mol. The molecule has 0 radical (unpaired) electrons. The number of fused-ring (bicyclic) bond motifs is 1. The molecule has 2 aromatic carbocycles. The highest BCUT2D eigenvalue weighted by atomic mass is 28.3. The van der Waals surface area contributed by atoms with Crippen LogP contribution in [0.3, 0.4) is 0 Å². The Morgan fingerprint density at radius 2 is 1.79 bits per heavy atom. The summed E-state index contributed by atoms with van der Waals surface area (Å²) in [5, 5.41) is 10.4. The van der Waals surface area contributed by atoms with E-state index in [9.17, 15) is 5.11 Å². The molecular weight excluding hydrogens is 492 g/mol. The summed E-state index contributed by atoms with van der Waals surface area (Å²) in [4.78, 5) is 10.1. The Morgan fingerprint density at radius 1 is 1.03 bits per heavy atom. The maximum absolute atomic E-state index is 10.4. The fraction of sp³-hybridized carbons (Fsp3) is 0.567. The van der Waals surface area contributed by atoms with Gasteiger partial charge >= 0.3 is 0 Å². The van der Waals surface area contributed by atoms with Gasteiger partial charge in [-0.15, -0.1) is 0 Å². The number of nitrogens with zero attached hydrogens (tertiary/aromatic N) is 4. The highest BCUT2D eigenvalue weighted by Gasteiger charge is 2.28. The van der Waals surface area contributed by atoms with Crippen LogP contribution >= 0.6 is 0 Å². The van der Waals surface area contributed by atoms with Gasteiger partial charge in [0.15, 0.2) is 0 Å². The van der Waals surface area contributed by atoms with E-state index in [0.717, 1.165) is 74.2 Å². The van der Waals surface area contributed by atoms with Crippen LogP contribution in [0.5, 0.6) is 0 Å². The summed E-state index contributed by atoms with van der Waals surface area (Å²) >= 11 is 0. The molecule has 1 N–H and O–H groups in total. The van der Waals surface area contributed by atoms with Gasteiger partial charge in [0.25, 0.3) is 0 Å². The number of benzene rings is 2. The molecule has 206 valence electrons. The van der Waals surface area contributed by atoms with Crippen LogP contribution in [-0.4, -0.2) is 68.7 Å². The molecule has 0 spiro atoms. The molecule has 2 saturated heterocycles. The van der Waals surface area contributed by atoms with Crippen LogP contribution in [0.2, 0.25) is 25.7 Å². The molecule has 2 aliphatic heterocycles. The third-order valence-corrected chi connectivity index (χ3v) is 9.69. The van der Waals surface area contributed by atoms with Gasteiger partial charge in [0, 0.05) is 46.5 Å². The van der Waals surface area contributed by atoms with Crippen molar-refractivity contribution >= 4 is 30.7 Å². The highest BCUT2D eigenvalue weighted by Crippen LogP contribution is 2.38. The van der Waals surface area contributed by atoms with Crippen molar-refractivity contribution in [2.45, 2.75) is 64.7 Å². The zero-order valence-corrected chi connectivity index (χ0v) is 24.6. The number of imidazole rings is 1. The van der Waals surface area contributed by atoms with E-state index in [4.69, 9.17) is 14.5 Å². The molecule has 0 saturated carbocycles. The van der Waals surface area contributed by atoms with Gasteiger partial charge in [0.05, 0.1) is 30.9 Å². The third kappa shape index (κ3) is 6.09. The Bertz CT molecular complexity index is 1220. The second kappa shape index (κ2) is 11.8. The Balaban J connectivity index is 1.45. The Morgan fingerprint density at radius 3 is 2.47 bits per heavy atom. The first-order valence-electron chi connectivity index (χ1n) is 14.2. The lowest BCUT2D eigenvalue weighted by atomic mass is 9.85. The summed E-state index contributed by atoms with van der Waals surface area (Å²) in [6.45, 7) is 15.7. The molecule has 1 aromatic heterocycles. The molecule has 3 aromatic rings. The van der Waals surface area contributed by atoms with Gasteiger partial charge in [-0.05, 0) is 66.6 Å². The average Bonchev–Trinajstić information content (AvgIpc) is 3.29. The van der Waals surface area contributed by atoms with Gasteiger partial charge in [-0.3, -0.25) is 4.57 Å². The standard InChI is InChI=1S/C30H44N4O3Si/c1-23-6-5-7-26(20-23)32-12-10-24(11-13-32)28-25(21-35)8-9-27-29(28)31-30(33-14-16-36-17-15-33)34(27)22-37-18-19-38(2,3)4/h5-9,20,24,35H,10-19,21-22H2,1-4H3. The minimum absolute atomic E-state index is 0.0375. The SMILES string of the molecule is Cc1cccc(N2CCC(c3c(CO)ccc4c3nc(N3CCOCC3)n4COCC[Si](C)(C)C)CC2)c1. The van der Waals surface area contributed by atoms with E-state index in [1.807, 2.05) is 0 Å². The molecule has 7 nitrogen and oxygen atoms in total. The minimum Gasteiger partial charge on any atom is -0.392 e. The Kier molecular flexibility index (Phi) is 8.43. The number of aromatic nitrogens is 2. The van der Waals surface area contributed by atoms with Crippen molar-refractivity contribution in [2.75, 3.05) is 55.8 Å². The molecule has 5 rings (SSSR count). The molecule has 2 aliphatic rings. The van der Waals surface area contributed by atoms with Gasteiger partial charge in [-0.2, -0.15) is 0 Å². The smallest absolute Gasteiger partial charge is 0.208 e.